The molecule has 1 aromatic heterocycles. The highest BCUT2D eigenvalue weighted by Crippen LogP contribution is 2.27. The van der Waals surface area contributed by atoms with Gasteiger partial charge in [-0.15, -0.1) is 0 Å². The van der Waals surface area contributed by atoms with Gasteiger partial charge in [-0.1, -0.05) is 31.2 Å². The van der Waals surface area contributed by atoms with E-state index in [2.05, 4.69) is 62.3 Å². The van der Waals surface area contributed by atoms with Gasteiger partial charge in [0.15, 0.2) is 0 Å². The molecule has 106 valence electrons. The Bertz CT molecular complexity index is 575. The number of aromatic nitrogens is 1. The van der Waals surface area contributed by atoms with Crippen LogP contribution < -0.4 is 5.32 Å². The summed E-state index contributed by atoms with van der Waals surface area (Å²) in [7, 11) is 0. The van der Waals surface area contributed by atoms with Crippen molar-refractivity contribution in [2.45, 2.75) is 40.2 Å². The molecule has 1 aromatic carbocycles. The molecular weight excluding hydrogens is 244 g/mol. The number of nitrogens with zero attached hydrogens (tertiary/aromatic N) is 1. The van der Waals surface area contributed by atoms with E-state index in [-0.39, 0.29) is 6.04 Å². The maximum absolute atomic E-state index is 4.45. The molecule has 0 aliphatic rings. The molecule has 0 amide bonds. The van der Waals surface area contributed by atoms with Crippen LogP contribution in [0.2, 0.25) is 0 Å². The molecule has 1 heterocycles. The monoisotopic (exact) mass is 268 g/mol. The number of nitrogens with one attached hydrogen (secondary N) is 1. The highest BCUT2D eigenvalue weighted by Gasteiger charge is 2.18. The average molecular weight is 268 g/mol. The lowest BCUT2D eigenvalue weighted by Gasteiger charge is -2.23. The third-order valence-electron chi connectivity index (χ3n) is 3.91. The first-order chi connectivity index (χ1) is 9.65. The van der Waals surface area contributed by atoms with Crippen molar-refractivity contribution >= 4 is 0 Å². The Morgan fingerprint density at radius 3 is 2.50 bits per heavy atom. The first-order valence-corrected chi connectivity index (χ1v) is 7.36. The molecule has 0 radical (unpaired) electrons. The third-order valence-corrected chi connectivity index (χ3v) is 3.91. The average Bonchev–Trinajstić information content (AvgIpc) is 2.45. The summed E-state index contributed by atoms with van der Waals surface area (Å²) in [6, 6.07) is 11.0. The van der Waals surface area contributed by atoms with Gasteiger partial charge in [0.1, 0.15) is 0 Å². The molecule has 0 aliphatic carbocycles. The maximum Gasteiger partial charge on any atom is 0.0597 e. The molecule has 0 saturated heterocycles. The van der Waals surface area contributed by atoms with Gasteiger partial charge in [-0.3, -0.25) is 4.98 Å². The minimum absolute atomic E-state index is 0.226. The predicted molar refractivity (Wildman–Crippen MR) is 85.0 cm³/mol. The Balaban J connectivity index is 2.47. The van der Waals surface area contributed by atoms with Crippen LogP contribution in [0.4, 0.5) is 0 Å². The van der Waals surface area contributed by atoms with E-state index in [1.165, 1.54) is 22.3 Å². The van der Waals surface area contributed by atoms with Gasteiger partial charge in [0, 0.05) is 11.9 Å². The van der Waals surface area contributed by atoms with E-state index in [0.717, 1.165) is 18.7 Å². The second-order valence-electron chi connectivity index (χ2n) is 5.35. The molecule has 0 fully saturated rings. The molecule has 0 bridgehead atoms. The fourth-order valence-electron chi connectivity index (χ4n) is 2.56. The maximum atomic E-state index is 4.45. The van der Waals surface area contributed by atoms with Gasteiger partial charge in [0.25, 0.3) is 0 Å². The summed E-state index contributed by atoms with van der Waals surface area (Å²) in [5.74, 6) is 0. The summed E-state index contributed by atoms with van der Waals surface area (Å²) >= 11 is 0. The number of rotatable bonds is 5. The van der Waals surface area contributed by atoms with Crippen molar-refractivity contribution in [2.75, 3.05) is 6.54 Å². The summed E-state index contributed by atoms with van der Waals surface area (Å²) in [5.41, 5.74) is 6.43. The van der Waals surface area contributed by atoms with Gasteiger partial charge in [0.05, 0.1) is 6.04 Å². The van der Waals surface area contributed by atoms with Crippen LogP contribution >= 0.6 is 0 Å². The smallest absolute Gasteiger partial charge is 0.0597 e. The summed E-state index contributed by atoms with van der Waals surface area (Å²) < 4.78 is 0. The normalized spacial score (nSPS) is 12.4. The lowest BCUT2D eigenvalue weighted by molar-refractivity contribution is 0.591. The van der Waals surface area contributed by atoms with Crippen LogP contribution in [-0.2, 0) is 0 Å². The minimum Gasteiger partial charge on any atom is -0.306 e. The van der Waals surface area contributed by atoms with E-state index in [0.29, 0.717) is 0 Å². The largest absolute Gasteiger partial charge is 0.306 e. The zero-order chi connectivity index (χ0) is 14.5. The highest BCUT2D eigenvalue weighted by molar-refractivity contribution is 5.41. The zero-order valence-electron chi connectivity index (χ0n) is 12.9. The molecule has 20 heavy (non-hydrogen) atoms. The molecule has 2 aromatic rings. The Hall–Kier alpha value is -1.67. The van der Waals surface area contributed by atoms with Crippen LogP contribution in [0, 0.1) is 20.8 Å². The SMILES string of the molecule is CCCNC(c1cccnc1C)c1cccc(C)c1C. The van der Waals surface area contributed by atoms with Crippen LogP contribution in [0.1, 0.15) is 47.3 Å². The summed E-state index contributed by atoms with van der Waals surface area (Å²) in [4.78, 5) is 4.45. The Morgan fingerprint density at radius 2 is 1.80 bits per heavy atom. The van der Waals surface area contributed by atoms with Gasteiger partial charge in [-0.2, -0.15) is 0 Å². The molecule has 2 heteroatoms. The first kappa shape index (κ1) is 14.7. The van der Waals surface area contributed by atoms with E-state index in [1.807, 2.05) is 12.3 Å². The molecule has 2 rings (SSSR count). The third kappa shape index (κ3) is 3.07. The summed E-state index contributed by atoms with van der Waals surface area (Å²) in [6.45, 7) is 9.67. The molecule has 1 N–H and O–H groups in total. The second kappa shape index (κ2) is 6.67. The Morgan fingerprint density at radius 1 is 1.05 bits per heavy atom. The topological polar surface area (TPSA) is 24.9 Å². The minimum atomic E-state index is 0.226. The number of pyridine rings is 1. The number of hydrogen-bond acceptors (Lipinski definition) is 2. The second-order valence-corrected chi connectivity index (χ2v) is 5.35. The van der Waals surface area contributed by atoms with E-state index < -0.39 is 0 Å². The number of hydrogen-bond donors (Lipinski definition) is 1. The summed E-state index contributed by atoms with van der Waals surface area (Å²) in [5, 5.41) is 3.67. The summed E-state index contributed by atoms with van der Waals surface area (Å²) in [6.07, 6.45) is 2.99. The van der Waals surface area contributed by atoms with Crippen LogP contribution in [0.15, 0.2) is 36.5 Å². The Kier molecular flexibility index (Phi) is 4.91. The van der Waals surface area contributed by atoms with Gasteiger partial charge in [0.2, 0.25) is 0 Å². The molecule has 1 unspecified atom stereocenters. The first-order valence-electron chi connectivity index (χ1n) is 7.36. The van der Waals surface area contributed by atoms with Crippen molar-refractivity contribution < 1.29 is 0 Å². The molecular formula is C18H24N2. The molecule has 1 atom stereocenters. The van der Waals surface area contributed by atoms with Crippen molar-refractivity contribution in [3.8, 4) is 0 Å². The molecule has 0 aliphatic heterocycles. The highest BCUT2D eigenvalue weighted by atomic mass is 14.9. The van der Waals surface area contributed by atoms with Crippen LogP contribution in [0.25, 0.3) is 0 Å². The fourth-order valence-corrected chi connectivity index (χ4v) is 2.56. The standard InChI is InChI=1S/C18H24N2/c1-5-11-20-18(17-10-7-12-19-15(17)4)16-9-6-8-13(2)14(16)3/h6-10,12,18,20H,5,11H2,1-4H3. The van der Waals surface area contributed by atoms with Gasteiger partial charge in [-0.05, 0) is 62.1 Å². The van der Waals surface area contributed by atoms with E-state index in [9.17, 15) is 0 Å². The number of aryl methyl sites for hydroxylation is 2. The fraction of sp³-hybridized carbons (Fsp3) is 0.389. The molecule has 2 nitrogen and oxygen atoms in total. The van der Waals surface area contributed by atoms with E-state index in [1.54, 1.807) is 0 Å². The van der Waals surface area contributed by atoms with Gasteiger partial charge < -0.3 is 5.32 Å². The van der Waals surface area contributed by atoms with Gasteiger partial charge >= 0.3 is 0 Å². The zero-order valence-corrected chi connectivity index (χ0v) is 12.9. The van der Waals surface area contributed by atoms with Gasteiger partial charge in [-0.25, -0.2) is 0 Å². The van der Waals surface area contributed by atoms with Crippen molar-refractivity contribution in [3.63, 3.8) is 0 Å². The lowest BCUT2D eigenvalue weighted by atomic mass is 9.92. The van der Waals surface area contributed by atoms with Crippen LogP contribution in [0.3, 0.4) is 0 Å². The molecule has 0 spiro atoms. The predicted octanol–water partition coefficient (Wildman–Crippen LogP) is 4.10. The number of benzene rings is 1. The van der Waals surface area contributed by atoms with Crippen molar-refractivity contribution in [3.05, 3.63) is 64.5 Å². The van der Waals surface area contributed by atoms with E-state index >= 15 is 0 Å². The van der Waals surface area contributed by atoms with Crippen molar-refractivity contribution in [1.82, 2.24) is 10.3 Å². The Labute approximate surface area is 122 Å². The quantitative estimate of drug-likeness (QED) is 0.883. The van der Waals surface area contributed by atoms with E-state index in [4.69, 9.17) is 0 Å². The van der Waals surface area contributed by atoms with Crippen molar-refractivity contribution in [2.24, 2.45) is 0 Å². The van der Waals surface area contributed by atoms with Crippen molar-refractivity contribution in [1.29, 1.82) is 0 Å². The molecule has 0 saturated carbocycles. The lowest BCUT2D eigenvalue weighted by Crippen LogP contribution is -2.25. The van der Waals surface area contributed by atoms with Crippen LogP contribution in [0.5, 0.6) is 0 Å². The van der Waals surface area contributed by atoms with Crippen LogP contribution in [-0.4, -0.2) is 11.5 Å².